The van der Waals surface area contributed by atoms with Crippen LogP contribution in [0.15, 0.2) is 53.6 Å². The Morgan fingerprint density at radius 3 is 2.56 bits per heavy atom. The number of hydrogen-bond acceptors (Lipinski definition) is 7. The van der Waals surface area contributed by atoms with Gasteiger partial charge in [0.1, 0.15) is 5.75 Å². The highest BCUT2D eigenvalue weighted by Crippen LogP contribution is 2.20. The van der Waals surface area contributed by atoms with Crippen LogP contribution in [-0.4, -0.2) is 62.2 Å². The minimum absolute atomic E-state index is 0.182. The van der Waals surface area contributed by atoms with E-state index in [9.17, 15) is 14.4 Å². The third-order valence-electron chi connectivity index (χ3n) is 4.86. The lowest BCUT2D eigenvalue weighted by atomic mass is 10.2. The highest BCUT2D eigenvalue weighted by Gasteiger charge is 2.17. The summed E-state index contributed by atoms with van der Waals surface area (Å²) in [6, 6.07) is 13.7. The van der Waals surface area contributed by atoms with Gasteiger partial charge in [-0.25, -0.2) is 4.79 Å². The van der Waals surface area contributed by atoms with Crippen molar-refractivity contribution in [2.75, 3.05) is 44.2 Å². The zero-order chi connectivity index (χ0) is 23.1. The lowest BCUT2D eigenvalue weighted by Gasteiger charge is -2.17. The number of hydrazone groups is 1. The molecule has 0 spiro atoms. The number of carbonyl (C=O) groups is 3. The number of benzene rings is 2. The van der Waals surface area contributed by atoms with Gasteiger partial charge in [0.25, 0.3) is 5.91 Å². The molecular weight excluding hydrogens is 412 g/mol. The van der Waals surface area contributed by atoms with E-state index in [0.29, 0.717) is 17.0 Å². The van der Waals surface area contributed by atoms with Crippen molar-refractivity contribution in [3.63, 3.8) is 0 Å². The van der Waals surface area contributed by atoms with Crippen molar-refractivity contribution in [2.24, 2.45) is 5.10 Å². The predicted molar refractivity (Wildman–Crippen MR) is 121 cm³/mol. The van der Waals surface area contributed by atoms with Crippen molar-refractivity contribution < 1.29 is 23.9 Å². The molecule has 1 heterocycles. The van der Waals surface area contributed by atoms with E-state index in [-0.39, 0.29) is 12.5 Å². The quantitative estimate of drug-likeness (QED) is 0.636. The molecule has 0 aliphatic carbocycles. The number of methoxy groups -OCH3 is 1. The number of ether oxygens (including phenoxy) is 2. The Labute approximate surface area is 186 Å². The number of hydrogen-bond donors (Lipinski definition) is 1. The molecule has 0 radical (unpaired) electrons. The number of esters is 1. The first-order valence-electron chi connectivity index (χ1n) is 10.1. The number of rotatable bonds is 8. The summed E-state index contributed by atoms with van der Waals surface area (Å²) >= 11 is 0. The fraction of sp³-hybridized carbons (Fsp3) is 0.304. The summed E-state index contributed by atoms with van der Waals surface area (Å²) in [5.41, 5.74) is 2.84. The standard InChI is InChI=1S/C23H26N4O5/c1-16-11-12-27(25-16)19-9-7-17(8-10-19)23(30)32-15-22(29)26(2)14-21(28)24-18-5-4-6-20(13-18)31-3/h4-10,13H,11-12,14-15H2,1-3H3,(H,24,28). The van der Waals surface area contributed by atoms with E-state index >= 15 is 0 Å². The number of amides is 2. The summed E-state index contributed by atoms with van der Waals surface area (Å²) in [6.07, 6.45) is 0.914. The Kier molecular flexibility index (Phi) is 7.43. The van der Waals surface area contributed by atoms with Crippen LogP contribution >= 0.6 is 0 Å². The van der Waals surface area contributed by atoms with Gasteiger partial charge in [0.2, 0.25) is 5.91 Å². The largest absolute Gasteiger partial charge is 0.497 e. The number of anilines is 2. The second-order valence-electron chi connectivity index (χ2n) is 7.36. The van der Waals surface area contributed by atoms with Crippen molar-refractivity contribution in [1.82, 2.24) is 4.90 Å². The molecule has 0 unspecified atom stereocenters. The molecule has 0 atom stereocenters. The van der Waals surface area contributed by atoms with E-state index in [1.54, 1.807) is 48.5 Å². The Bertz CT molecular complexity index is 1020. The maximum atomic E-state index is 12.3. The number of nitrogens with one attached hydrogen (secondary N) is 1. The van der Waals surface area contributed by atoms with Crippen LogP contribution < -0.4 is 15.1 Å². The number of carbonyl (C=O) groups excluding carboxylic acids is 3. The molecule has 2 aromatic rings. The van der Waals surface area contributed by atoms with Gasteiger partial charge in [0.05, 0.1) is 24.9 Å². The molecule has 0 aromatic heterocycles. The van der Waals surface area contributed by atoms with Gasteiger partial charge >= 0.3 is 5.97 Å². The number of nitrogens with zero attached hydrogens (tertiary/aromatic N) is 3. The molecule has 3 rings (SSSR count). The summed E-state index contributed by atoms with van der Waals surface area (Å²) < 4.78 is 10.2. The molecular formula is C23H26N4O5. The Hall–Kier alpha value is -3.88. The van der Waals surface area contributed by atoms with Crippen molar-refractivity contribution >= 4 is 34.9 Å². The average molecular weight is 438 g/mol. The zero-order valence-corrected chi connectivity index (χ0v) is 18.3. The molecule has 2 amide bonds. The smallest absolute Gasteiger partial charge is 0.338 e. The Morgan fingerprint density at radius 1 is 1.16 bits per heavy atom. The van der Waals surface area contributed by atoms with Gasteiger partial charge in [-0.1, -0.05) is 6.07 Å². The van der Waals surface area contributed by atoms with Crippen LogP contribution in [0.1, 0.15) is 23.7 Å². The maximum absolute atomic E-state index is 12.3. The minimum Gasteiger partial charge on any atom is -0.497 e. The average Bonchev–Trinajstić information content (AvgIpc) is 3.23. The van der Waals surface area contributed by atoms with Gasteiger partial charge in [-0.05, 0) is 43.3 Å². The van der Waals surface area contributed by atoms with E-state index in [2.05, 4.69) is 10.4 Å². The van der Waals surface area contributed by atoms with Crippen molar-refractivity contribution in [3.05, 3.63) is 54.1 Å². The SMILES string of the molecule is COc1cccc(NC(=O)CN(C)C(=O)COC(=O)c2ccc(N3CCC(C)=N3)cc2)c1. The van der Waals surface area contributed by atoms with E-state index in [1.165, 1.54) is 19.1 Å². The summed E-state index contributed by atoms with van der Waals surface area (Å²) in [4.78, 5) is 37.9. The van der Waals surface area contributed by atoms with Crippen LogP contribution in [0, 0.1) is 0 Å². The molecule has 0 fully saturated rings. The van der Waals surface area contributed by atoms with Gasteiger partial charge in [0, 0.05) is 37.5 Å². The van der Waals surface area contributed by atoms with Gasteiger partial charge in [-0.2, -0.15) is 5.10 Å². The lowest BCUT2D eigenvalue weighted by Crippen LogP contribution is -2.37. The third-order valence-corrected chi connectivity index (χ3v) is 4.86. The van der Waals surface area contributed by atoms with Crippen molar-refractivity contribution in [2.45, 2.75) is 13.3 Å². The highest BCUT2D eigenvalue weighted by molar-refractivity contribution is 5.95. The minimum atomic E-state index is -0.611. The lowest BCUT2D eigenvalue weighted by molar-refractivity contribution is -0.136. The van der Waals surface area contributed by atoms with Crippen LogP contribution in [0.25, 0.3) is 0 Å². The molecule has 168 valence electrons. The Morgan fingerprint density at radius 2 is 1.91 bits per heavy atom. The van der Waals surface area contributed by atoms with Crippen LogP contribution in [0.2, 0.25) is 0 Å². The highest BCUT2D eigenvalue weighted by atomic mass is 16.5. The molecule has 0 saturated carbocycles. The van der Waals surface area contributed by atoms with E-state index in [1.807, 2.05) is 11.9 Å². The van der Waals surface area contributed by atoms with Crippen molar-refractivity contribution in [3.8, 4) is 5.75 Å². The number of likely N-dealkylation sites (N-methyl/N-ethyl adjacent to an activating group) is 1. The summed E-state index contributed by atoms with van der Waals surface area (Å²) in [5, 5.41) is 8.98. The molecule has 0 saturated heterocycles. The van der Waals surface area contributed by atoms with Gasteiger partial charge in [-0.3, -0.25) is 14.6 Å². The van der Waals surface area contributed by atoms with Gasteiger partial charge in [-0.15, -0.1) is 0 Å². The summed E-state index contributed by atoms with van der Waals surface area (Å²) in [7, 11) is 3.00. The van der Waals surface area contributed by atoms with Crippen LogP contribution in [-0.2, 0) is 14.3 Å². The second kappa shape index (κ2) is 10.4. The topological polar surface area (TPSA) is 101 Å². The third kappa shape index (κ3) is 6.07. The molecule has 2 aromatic carbocycles. The van der Waals surface area contributed by atoms with E-state index in [4.69, 9.17) is 9.47 Å². The van der Waals surface area contributed by atoms with Gasteiger partial charge in [0.15, 0.2) is 6.61 Å². The molecule has 9 nitrogen and oxygen atoms in total. The van der Waals surface area contributed by atoms with Gasteiger partial charge < -0.3 is 19.7 Å². The van der Waals surface area contributed by atoms with Crippen LogP contribution in [0.5, 0.6) is 5.75 Å². The molecule has 0 bridgehead atoms. The Balaban J connectivity index is 1.45. The van der Waals surface area contributed by atoms with Crippen molar-refractivity contribution in [1.29, 1.82) is 0 Å². The fourth-order valence-corrected chi connectivity index (χ4v) is 3.06. The molecule has 1 N–H and O–H groups in total. The predicted octanol–water partition coefficient (Wildman–Crippen LogP) is 2.54. The molecule has 32 heavy (non-hydrogen) atoms. The van der Waals surface area contributed by atoms with Crippen LogP contribution in [0.3, 0.4) is 0 Å². The maximum Gasteiger partial charge on any atom is 0.338 e. The molecule has 1 aliphatic heterocycles. The first kappa shape index (κ1) is 22.8. The van der Waals surface area contributed by atoms with E-state index in [0.717, 1.165) is 24.4 Å². The summed E-state index contributed by atoms with van der Waals surface area (Å²) in [6.45, 7) is 2.14. The first-order valence-corrected chi connectivity index (χ1v) is 10.1. The zero-order valence-electron chi connectivity index (χ0n) is 18.3. The summed E-state index contributed by atoms with van der Waals surface area (Å²) in [5.74, 6) is -0.871. The monoisotopic (exact) mass is 438 g/mol. The fourth-order valence-electron chi connectivity index (χ4n) is 3.06. The first-order chi connectivity index (χ1) is 15.4. The molecule has 9 heteroatoms. The molecule has 1 aliphatic rings. The normalized spacial score (nSPS) is 12.7. The van der Waals surface area contributed by atoms with Crippen LogP contribution in [0.4, 0.5) is 11.4 Å². The van der Waals surface area contributed by atoms with E-state index < -0.39 is 18.5 Å². The second-order valence-corrected chi connectivity index (χ2v) is 7.36.